The quantitative estimate of drug-likeness (QED) is 0.548. The fourth-order valence-corrected chi connectivity index (χ4v) is 3.13. The van der Waals surface area contributed by atoms with Gasteiger partial charge in [-0.1, -0.05) is 37.3 Å². The van der Waals surface area contributed by atoms with Crippen molar-refractivity contribution in [3.63, 3.8) is 0 Å². The van der Waals surface area contributed by atoms with Crippen LogP contribution in [0.3, 0.4) is 0 Å². The molecule has 7 heteroatoms. The first kappa shape index (κ1) is 21.1. The summed E-state index contributed by atoms with van der Waals surface area (Å²) < 4.78 is 1.87. The minimum atomic E-state index is -0.264. The van der Waals surface area contributed by atoms with Crippen LogP contribution in [0.5, 0.6) is 0 Å². The maximum absolute atomic E-state index is 12.8. The van der Waals surface area contributed by atoms with E-state index in [1.54, 1.807) is 30.5 Å². The van der Waals surface area contributed by atoms with Crippen LogP contribution in [0.15, 0.2) is 60.8 Å². The zero-order chi connectivity index (χ0) is 21.5. The van der Waals surface area contributed by atoms with Crippen molar-refractivity contribution in [1.82, 2.24) is 15.1 Å². The lowest BCUT2D eigenvalue weighted by atomic mass is 10.1. The molecule has 3 amide bonds. The van der Waals surface area contributed by atoms with Crippen molar-refractivity contribution in [1.29, 1.82) is 0 Å². The summed E-state index contributed by atoms with van der Waals surface area (Å²) >= 11 is 0. The van der Waals surface area contributed by atoms with Gasteiger partial charge in [-0.2, -0.15) is 5.10 Å². The van der Waals surface area contributed by atoms with E-state index in [9.17, 15) is 9.59 Å². The number of urea groups is 1. The van der Waals surface area contributed by atoms with Crippen LogP contribution < -0.4 is 16.0 Å². The van der Waals surface area contributed by atoms with Gasteiger partial charge in [0.05, 0.1) is 24.0 Å². The van der Waals surface area contributed by atoms with Crippen LogP contribution in [0.4, 0.5) is 16.2 Å². The van der Waals surface area contributed by atoms with E-state index in [4.69, 9.17) is 0 Å². The SMILES string of the molecule is CCc1c(C(=O)Nc2ccc(NC(=O)NC(C)C)cc2)cnn1Cc1ccccc1. The van der Waals surface area contributed by atoms with E-state index < -0.39 is 0 Å². The number of nitrogens with zero attached hydrogens (tertiary/aromatic N) is 2. The Morgan fingerprint density at radius 2 is 1.60 bits per heavy atom. The largest absolute Gasteiger partial charge is 0.336 e. The highest BCUT2D eigenvalue weighted by Gasteiger charge is 2.16. The zero-order valence-corrected chi connectivity index (χ0v) is 17.5. The third-order valence-electron chi connectivity index (χ3n) is 4.52. The van der Waals surface area contributed by atoms with E-state index in [1.807, 2.05) is 55.8 Å². The maximum Gasteiger partial charge on any atom is 0.319 e. The number of benzene rings is 2. The van der Waals surface area contributed by atoms with Gasteiger partial charge in [0, 0.05) is 17.4 Å². The van der Waals surface area contributed by atoms with Crippen LogP contribution in [0, 0.1) is 0 Å². The second kappa shape index (κ2) is 9.73. The first-order valence-corrected chi connectivity index (χ1v) is 10.0. The molecular formula is C23H27N5O2. The summed E-state index contributed by atoms with van der Waals surface area (Å²) in [4.78, 5) is 24.6. The monoisotopic (exact) mass is 405 g/mol. The third kappa shape index (κ3) is 5.47. The average Bonchev–Trinajstić information content (AvgIpc) is 3.12. The molecule has 30 heavy (non-hydrogen) atoms. The van der Waals surface area contributed by atoms with Crippen molar-refractivity contribution < 1.29 is 9.59 Å². The van der Waals surface area contributed by atoms with Crippen molar-refractivity contribution >= 4 is 23.3 Å². The Bertz CT molecular complexity index is 994. The smallest absolute Gasteiger partial charge is 0.319 e. The van der Waals surface area contributed by atoms with Crippen LogP contribution in [-0.2, 0) is 13.0 Å². The second-order valence-electron chi connectivity index (χ2n) is 7.29. The van der Waals surface area contributed by atoms with Crippen molar-refractivity contribution in [2.45, 2.75) is 39.8 Å². The van der Waals surface area contributed by atoms with Gasteiger partial charge in [-0.15, -0.1) is 0 Å². The Balaban J connectivity index is 1.66. The third-order valence-corrected chi connectivity index (χ3v) is 4.52. The van der Waals surface area contributed by atoms with Gasteiger partial charge in [0.15, 0.2) is 0 Å². The number of anilines is 2. The summed E-state index contributed by atoms with van der Waals surface area (Å²) in [5.74, 6) is -0.204. The average molecular weight is 406 g/mol. The van der Waals surface area contributed by atoms with Gasteiger partial charge in [0.1, 0.15) is 0 Å². The van der Waals surface area contributed by atoms with Gasteiger partial charge in [-0.25, -0.2) is 4.79 Å². The highest BCUT2D eigenvalue weighted by molar-refractivity contribution is 6.05. The molecule has 0 aliphatic rings. The molecule has 0 fully saturated rings. The Morgan fingerprint density at radius 3 is 2.20 bits per heavy atom. The topological polar surface area (TPSA) is 88.1 Å². The fraction of sp³-hybridized carbons (Fsp3) is 0.261. The Labute approximate surface area is 176 Å². The summed E-state index contributed by atoms with van der Waals surface area (Å²) in [5, 5.41) is 12.8. The molecule has 1 heterocycles. The van der Waals surface area contributed by atoms with Crippen molar-refractivity contribution in [2.24, 2.45) is 0 Å². The minimum absolute atomic E-state index is 0.0547. The lowest BCUT2D eigenvalue weighted by molar-refractivity contribution is 0.102. The van der Waals surface area contributed by atoms with E-state index in [1.165, 1.54) is 0 Å². The van der Waals surface area contributed by atoms with E-state index in [2.05, 4.69) is 21.0 Å². The predicted octanol–water partition coefficient (Wildman–Crippen LogP) is 4.28. The Morgan fingerprint density at radius 1 is 0.967 bits per heavy atom. The van der Waals surface area contributed by atoms with Crippen molar-refractivity contribution in [3.05, 3.63) is 77.6 Å². The first-order chi connectivity index (χ1) is 14.5. The molecule has 156 valence electrons. The number of carbonyl (C=O) groups excluding carboxylic acids is 2. The number of hydrogen-bond donors (Lipinski definition) is 3. The number of aromatic nitrogens is 2. The number of hydrogen-bond acceptors (Lipinski definition) is 3. The first-order valence-electron chi connectivity index (χ1n) is 10.0. The summed E-state index contributed by atoms with van der Waals surface area (Å²) in [6.07, 6.45) is 2.31. The molecule has 0 saturated heterocycles. The molecule has 0 atom stereocenters. The molecule has 0 aliphatic carbocycles. The molecule has 0 unspecified atom stereocenters. The zero-order valence-electron chi connectivity index (χ0n) is 17.5. The van der Waals surface area contributed by atoms with E-state index in [0.717, 1.165) is 11.3 Å². The molecular weight excluding hydrogens is 378 g/mol. The number of amides is 3. The molecule has 1 aromatic heterocycles. The van der Waals surface area contributed by atoms with Gasteiger partial charge in [-0.3, -0.25) is 9.48 Å². The molecule has 0 bridgehead atoms. The lowest BCUT2D eigenvalue weighted by Crippen LogP contribution is -2.34. The predicted molar refractivity (Wildman–Crippen MR) is 119 cm³/mol. The number of nitrogens with one attached hydrogen (secondary N) is 3. The lowest BCUT2D eigenvalue weighted by Gasteiger charge is -2.11. The van der Waals surface area contributed by atoms with Gasteiger partial charge in [-0.05, 0) is 50.1 Å². The molecule has 0 aliphatic heterocycles. The Hall–Kier alpha value is -3.61. The molecule has 2 aromatic carbocycles. The van der Waals surface area contributed by atoms with E-state index in [-0.39, 0.29) is 18.0 Å². The van der Waals surface area contributed by atoms with Gasteiger partial charge < -0.3 is 16.0 Å². The van der Waals surface area contributed by atoms with Crippen LogP contribution >= 0.6 is 0 Å². The summed E-state index contributed by atoms with van der Waals surface area (Å²) in [6.45, 7) is 6.42. The number of carbonyl (C=O) groups is 2. The van der Waals surface area contributed by atoms with E-state index >= 15 is 0 Å². The van der Waals surface area contributed by atoms with Crippen molar-refractivity contribution in [2.75, 3.05) is 10.6 Å². The molecule has 3 aromatic rings. The van der Waals surface area contributed by atoms with Crippen molar-refractivity contribution in [3.8, 4) is 0 Å². The van der Waals surface area contributed by atoms with Crippen LogP contribution in [0.1, 0.15) is 42.4 Å². The summed E-state index contributed by atoms with van der Waals surface area (Å²) in [7, 11) is 0. The summed E-state index contributed by atoms with van der Waals surface area (Å²) in [6, 6.07) is 16.8. The standard InChI is InChI=1S/C23H27N5O2/c1-4-21-20(14-24-28(21)15-17-8-6-5-7-9-17)22(29)26-18-10-12-19(13-11-18)27-23(30)25-16(2)3/h5-14,16H,4,15H2,1-3H3,(H,26,29)(H2,25,27,30). The van der Waals surface area contributed by atoms with Gasteiger partial charge in [0.2, 0.25) is 0 Å². The highest BCUT2D eigenvalue weighted by atomic mass is 16.2. The Kier molecular flexibility index (Phi) is 6.85. The van der Waals surface area contributed by atoms with Gasteiger partial charge >= 0.3 is 6.03 Å². The van der Waals surface area contributed by atoms with Crippen LogP contribution in [0.25, 0.3) is 0 Å². The molecule has 0 spiro atoms. The second-order valence-corrected chi connectivity index (χ2v) is 7.29. The fourth-order valence-electron chi connectivity index (χ4n) is 3.13. The van der Waals surface area contributed by atoms with Crippen LogP contribution in [0.2, 0.25) is 0 Å². The molecule has 0 radical (unpaired) electrons. The summed E-state index contributed by atoms with van der Waals surface area (Å²) in [5.41, 5.74) is 3.88. The molecule has 0 saturated carbocycles. The molecule has 7 nitrogen and oxygen atoms in total. The highest BCUT2D eigenvalue weighted by Crippen LogP contribution is 2.17. The number of rotatable bonds is 7. The molecule has 3 rings (SSSR count). The normalized spacial score (nSPS) is 10.7. The minimum Gasteiger partial charge on any atom is -0.336 e. The van der Waals surface area contributed by atoms with E-state index in [0.29, 0.717) is 29.9 Å². The molecule has 3 N–H and O–H groups in total. The maximum atomic E-state index is 12.8. The van der Waals surface area contributed by atoms with Crippen LogP contribution in [-0.4, -0.2) is 27.8 Å². The van der Waals surface area contributed by atoms with Gasteiger partial charge in [0.25, 0.3) is 5.91 Å².